The van der Waals surface area contributed by atoms with E-state index in [9.17, 15) is 9.59 Å². The zero-order valence-corrected chi connectivity index (χ0v) is 11.4. The van der Waals surface area contributed by atoms with Crippen molar-refractivity contribution in [3.05, 3.63) is 52.8 Å². The van der Waals surface area contributed by atoms with E-state index in [2.05, 4.69) is 4.98 Å². The molecule has 0 amide bonds. The molecule has 6 heteroatoms. The van der Waals surface area contributed by atoms with E-state index in [0.717, 1.165) is 0 Å². The Morgan fingerprint density at radius 2 is 2.10 bits per heavy atom. The lowest BCUT2D eigenvalue weighted by Crippen LogP contribution is -2.14. The fourth-order valence-corrected chi connectivity index (χ4v) is 1.74. The van der Waals surface area contributed by atoms with Crippen molar-refractivity contribution in [2.45, 2.75) is 0 Å². The second-order valence-corrected chi connectivity index (χ2v) is 4.40. The summed E-state index contributed by atoms with van der Waals surface area (Å²) < 4.78 is 9.93. The molecule has 1 aromatic heterocycles. The predicted molar refractivity (Wildman–Crippen MR) is 73.4 cm³/mol. The van der Waals surface area contributed by atoms with E-state index in [4.69, 9.17) is 21.1 Å². The largest absolute Gasteiger partial charge is 0.497 e. The van der Waals surface area contributed by atoms with Crippen LogP contribution >= 0.6 is 11.6 Å². The zero-order valence-electron chi connectivity index (χ0n) is 10.7. The molecule has 0 aliphatic carbocycles. The number of aromatic amines is 1. The molecule has 2 rings (SSSR count). The van der Waals surface area contributed by atoms with Crippen LogP contribution in [0, 0.1) is 0 Å². The molecule has 1 heterocycles. The summed E-state index contributed by atoms with van der Waals surface area (Å²) in [5.41, 5.74) is 0.620. The minimum absolute atomic E-state index is 0.202. The van der Waals surface area contributed by atoms with Gasteiger partial charge in [-0.3, -0.25) is 4.79 Å². The van der Waals surface area contributed by atoms with Crippen LogP contribution in [0.1, 0.15) is 20.8 Å². The first-order valence-electron chi connectivity index (χ1n) is 5.78. The van der Waals surface area contributed by atoms with Gasteiger partial charge in [0.05, 0.1) is 12.1 Å². The molecular weight excluding hydrogens is 282 g/mol. The molecule has 0 unspecified atom stereocenters. The zero-order chi connectivity index (χ0) is 14.5. The third-order valence-corrected chi connectivity index (χ3v) is 2.81. The molecule has 1 aromatic carbocycles. The number of rotatable bonds is 5. The number of hydrogen-bond acceptors (Lipinski definition) is 4. The Bertz CT molecular complexity index is 636. The van der Waals surface area contributed by atoms with Gasteiger partial charge in [-0.05, 0) is 18.2 Å². The summed E-state index contributed by atoms with van der Waals surface area (Å²) in [7, 11) is 1.51. The average Bonchev–Trinajstić information content (AvgIpc) is 2.91. The van der Waals surface area contributed by atoms with Crippen LogP contribution in [0.2, 0.25) is 5.02 Å². The molecule has 0 spiro atoms. The standard InChI is InChI=1S/C14H12ClNO4/c1-19-11-4-2-3-9(5-11)13(17)8-20-14(18)12-6-10(15)7-16-12/h2-7,16H,8H2,1H3. The van der Waals surface area contributed by atoms with Gasteiger partial charge in [-0.15, -0.1) is 0 Å². The summed E-state index contributed by atoms with van der Waals surface area (Å²) in [6.07, 6.45) is 1.46. The molecule has 2 aromatic rings. The Morgan fingerprint density at radius 3 is 2.75 bits per heavy atom. The fraction of sp³-hybridized carbons (Fsp3) is 0.143. The number of hydrogen-bond donors (Lipinski definition) is 1. The van der Waals surface area contributed by atoms with Gasteiger partial charge in [0, 0.05) is 11.8 Å². The van der Waals surface area contributed by atoms with Crippen LogP contribution in [-0.4, -0.2) is 30.5 Å². The predicted octanol–water partition coefficient (Wildman–Crippen LogP) is 2.72. The van der Waals surface area contributed by atoms with Crippen molar-refractivity contribution in [3.63, 3.8) is 0 Å². The number of methoxy groups -OCH3 is 1. The van der Waals surface area contributed by atoms with Gasteiger partial charge in [0.15, 0.2) is 12.4 Å². The quantitative estimate of drug-likeness (QED) is 0.680. The molecule has 20 heavy (non-hydrogen) atoms. The van der Waals surface area contributed by atoms with Crippen LogP contribution in [0.4, 0.5) is 0 Å². The van der Waals surface area contributed by atoms with E-state index in [1.807, 2.05) is 0 Å². The highest BCUT2D eigenvalue weighted by Gasteiger charge is 2.13. The van der Waals surface area contributed by atoms with Gasteiger partial charge in [-0.2, -0.15) is 0 Å². The normalized spacial score (nSPS) is 10.1. The lowest BCUT2D eigenvalue weighted by Gasteiger charge is -2.05. The van der Waals surface area contributed by atoms with Crippen LogP contribution in [-0.2, 0) is 4.74 Å². The van der Waals surface area contributed by atoms with Gasteiger partial charge < -0.3 is 14.5 Å². The number of carbonyl (C=O) groups excluding carboxylic acids is 2. The molecule has 0 bridgehead atoms. The molecule has 0 atom stereocenters. The van der Waals surface area contributed by atoms with Crippen molar-refractivity contribution < 1.29 is 19.1 Å². The van der Waals surface area contributed by atoms with Crippen LogP contribution < -0.4 is 4.74 Å². The van der Waals surface area contributed by atoms with E-state index in [1.165, 1.54) is 19.4 Å². The average molecular weight is 294 g/mol. The SMILES string of the molecule is COc1cccc(C(=O)COC(=O)c2cc(Cl)c[nH]2)c1. The van der Waals surface area contributed by atoms with Crippen molar-refractivity contribution >= 4 is 23.4 Å². The molecule has 0 saturated heterocycles. The van der Waals surface area contributed by atoms with Crippen molar-refractivity contribution in [1.29, 1.82) is 0 Å². The summed E-state index contributed by atoms with van der Waals surface area (Å²) >= 11 is 5.68. The maximum absolute atomic E-state index is 11.9. The van der Waals surface area contributed by atoms with Crippen molar-refractivity contribution in [3.8, 4) is 5.75 Å². The number of ether oxygens (including phenoxy) is 2. The summed E-state index contributed by atoms with van der Waals surface area (Å²) in [5, 5.41) is 0.399. The van der Waals surface area contributed by atoms with Crippen molar-refractivity contribution in [1.82, 2.24) is 4.98 Å². The lowest BCUT2D eigenvalue weighted by atomic mass is 10.1. The lowest BCUT2D eigenvalue weighted by molar-refractivity contribution is 0.0469. The number of carbonyl (C=O) groups is 2. The minimum Gasteiger partial charge on any atom is -0.497 e. The van der Waals surface area contributed by atoms with Gasteiger partial charge in [-0.1, -0.05) is 23.7 Å². The third kappa shape index (κ3) is 3.39. The molecule has 0 radical (unpaired) electrons. The van der Waals surface area contributed by atoms with Crippen LogP contribution in [0.15, 0.2) is 36.5 Å². The Labute approximate surface area is 120 Å². The maximum Gasteiger partial charge on any atom is 0.355 e. The van der Waals surface area contributed by atoms with Gasteiger partial charge in [0.25, 0.3) is 0 Å². The fourth-order valence-electron chi connectivity index (χ4n) is 1.57. The Morgan fingerprint density at radius 1 is 1.30 bits per heavy atom. The van der Waals surface area contributed by atoms with Crippen LogP contribution in [0.3, 0.4) is 0 Å². The highest BCUT2D eigenvalue weighted by atomic mass is 35.5. The smallest absolute Gasteiger partial charge is 0.355 e. The van der Waals surface area contributed by atoms with E-state index >= 15 is 0 Å². The van der Waals surface area contributed by atoms with Crippen LogP contribution in [0.5, 0.6) is 5.75 Å². The highest BCUT2D eigenvalue weighted by Crippen LogP contribution is 2.14. The van der Waals surface area contributed by atoms with E-state index in [1.54, 1.807) is 24.3 Å². The van der Waals surface area contributed by atoms with Gasteiger partial charge in [-0.25, -0.2) is 4.79 Å². The van der Waals surface area contributed by atoms with Crippen LogP contribution in [0.25, 0.3) is 0 Å². The molecule has 0 saturated carbocycles. The molecule has 104 valence electrons. The second-order valence-electron chi connectivity index (χ2n) is 3.96. The van der Waals surface area contributed by atoms with Gasteiger partial charge in [0.1, 0.15) is 11.4 Å². The van der Waals surface area contributed by atoms with Crippen molar-refractivity contribution in [2.24, 2.45) is 0 Å². The van der Waals surface area contributed by atoms with E-state index in [-0.39, 0.29) is 18.1 Å². The monoisotopic (exact) mass is 293 g/mol. The minimum atomic E-state index is -0.631. The topological polar surface area (TPSA) is 68.4 Å². The number of halogens is 1. The number of H-pyrrole nitrogens is 1. The second kappa shape index (κ2) is 6.25. The first-order chi connectivity index (χ1) is 9.60. The van der Waals surface area contributed by atoms with Gasteiger partial charge in [0.2, 0.25) is 0 Å². The van der Waals surface area contributed by atoms with E-state index < -0.39 is 5.97 Å². The first kappa shape index (κ1) is 14.1. The number of aromatic nitrogens is 1. The molecule has 5 nitrogen and oxygen atoms in total. The number of benzene rings is 1. The number of esters is 1. The van der Waals surface area contributed by atoms with E-state index in [0.29, 0.717) is 16.3 Å². The Hall–Kier alpha value is -2.27. The number of nitrogens with one attached hydrogen (secondary N) is 1. The Balaban J connectivity index is 1.96. The highest BCUT2D eigenvalue weighted by molar-refractivity contribution is 6.30. The molecule has 0 aliphatic rings. The molecule has 0 fully saturated rings. The molecular formula is C14H12ClNO4. The summed E-state index contributed by atoms with van der Waals surface area (Å²) in [5.74, 6) is -0.374. The van der Waals surface area contributed by atoms with Crippen molar-refractivity contribution in [2.75, 3.05) is 13.7 Å². The maximum atomic E-state index is 11.9. The Kier molecular flexibility index (Phi) is 4.42. The summed E-state index contributed by atoms with van der Waals surface area (Å²) in [6, 6.07) is 8.06. The molecule has 0 aliphatic heterocycles. The van der Waals surface area contributed by atoms with Gasteiger partial charge >= 0.3 is 5.97 Å². The number of Topliss-reactive ketones (excluding diaryl/α,β-unsaturated/α-hetero) is 1. The summed E-state index contributed by atoms with van der Waals surface area (Å²) in [4.78, 5) is 26.2. The molecule has 1 N–H and O–H groups in total. The first-order valence-corrected chi connectivity index (χ1v) is 6.16. The third-order valence-electron chi connectivity index (χ3n) is 2.59. The summed E-state index contributed by atoms with van der Waals surface area (Å²) in [6.45, 7) is -0.345. The number of ketones is 1.